The Balaban J connectivity index is 2.17. The highest BCUT2D eigenvalue weighted by molar-refractivity contribution is 6.83. The molecule has 2 aromatic rings. The Bertz CT molecular complexity index is 1090. The Morgan fingerprint density at radius 3 is 1.65 bits per heavy atom. The van der Waals surface area contributed by atoms with Crippen molar-refractivity contribution in [1.29, 1.82) is 0 Å². The predicted molar refractivity (Wildman–Crippen MR) is 164 cm³/mol. The first-order chi connectivity index (χ1) is 17.5. The van der Waals surface area contributed by atoms with Gasteiger partial charge in [0.2, 0.25) is 0 Å². The van der Waals surface area contributed by atoms with Crippen molar-refractivity contribution in [3.05, 3.63) is 58.7 Å². The van der Waals surface area contributed by atoms with E-state index in [-0.39, 0.29) is 5.41 Å². The van der Waals surface area contributed by atoms with Gasteiger partial charge in [-0.2, -0.15) is 0 Å². The molecule has 0 spiro atoms. The first-order valence-electron chi connectivity index (χ1n) is 14.6. The van der Waals surface area contributed by atoms with Gasteiger partial charge < -0.3 is 5.11 Å². The molecule has 0 saturated heterocycles. The molecule has 0 saturated carbocycles. The molecule has 0 fully saturated rings. The number of hydrogen-bond acceptors (Lipinski definition) is 1. The molecule has 0 unspecified atom stereocenters. The molecular formula is C35H48OSi. The molecule has 0 heterocycles. The van der Waals surface area contributed by atoms with E-state index in [1.807, 2.05) is 0 Å². The topological polar surface area (TPSA) is 20.2 Å². The van der Waals surface area contributed by atoms with Crippen LogP contribution in [0.15, 0.2) is 36.4 Å². The maximum atomic E-state index is 10.2. The van der Waals surface area contributed by atoms with Gasteiger partial charge in [0.25, 0.3) is 0 Å². The lowest BCUT2D eigenvalue weighted by atomic mass is 9.70. The molecule has 0 aromatic heterocycles. The van der Waals surface area contributed by atoms with E-state index in [0.717, 1.165) is 11.1 Å². The number of benzene rings is 2. The van der Waals surface area contributed by atoms with Crippen LogP contribution in [-0.4, -0.2) is 18.8 Å². The van der Waals surface area contributed by atoms with Gasteiger partial charge in [0.1, 0.15) is 13.7 Å². The fraction of sp³-hybridized carbons (Fsp3) is 0.543. The normalized spacial score (nSPS) is 13.7. The van der Waals surface area contributed by atoms with Gasteiger partial charge in [0, 0.05) is 16.5 Å². The molecule has 2 heteroatoms. The molecule has 1 aliphatic carbocycles. The Kier molecular flexibility index (Phi) is 9.91. The Morgan fingerprint density at radius 2 is 1.22 bits per heavy atom. The Labute approximate surface area is 228 Å². The summed E-state index contributed by atoms with van der Waals surface area (Å²) in [7, 11) is -1.45. The van der Waals surface area contributed by atoms with Gasteiger partial charge in [-0.25, -0.2) is 0 Å². The zero-order valence-electron chi connectivity index (χ0n) is 24.5. The SMILES string of the molecule is CCCCCCC1(CCCCCC)c2cc(C#CC(C)(C)O)ccc2-c2ccc(C#C[Si](C)(C)C)cc21. The van der Waals surface area contributed by atoms with Gasteiger partial charge in [-0.15, -0.1) is 5.54 Å². The van der Waals surface area contributed by atoms with Crippen LogP contribution in [0.4, 0.5) is 0 Å². The lowest BCUT2D eigenvalue weighted by Gasteiger charge is -2.33. The van der Waals surface area contributed by atoms with Crippen LogP contribution in [0.1, 0.15) is 114 Å². The standard InChI is InChI=1S/C35H48OSi/c1-8-10-12-14-22-35(23-15-13-11-9-2)32-26-28(20-24-34(3,4)36)16-18-30(32)31-19-17-29(27-33(31)35)21-25-37(5,6)7/h16-19,26-27,36H,8-15,22-23H2,1-7H3. The monoisotopic (exact) mass is 512 g/mol. The van der Waals surface area contributed by atoms with Crippen LogP contribution in [0.2, 0.25) is 19.6 Å². The first kappa shape index (κ1) is 29.3. The average molecular weight is 513 g/mol. The maximum Gasteiger partial charge on any atom is 0.129 e. The highest BCUT2D eigenvalue weighted by Gasteiger charge is 2.42. The number of aliphatic hydroxyl groups is 1. The van der Waals surface area contributed by atoms with Crippen molar-refractivity contribution in [3.8, 4) is 34.4 Å². The summed E-state index contributed by atoms with van der Waals surface area (Å²) in [5, 5.41) is 10.2. The number of fused-ring (bicyclic) bond motifs is 3. The molecule has 0 radical (unpaired) electrons. The van der Waals surface area contributed by atoms with E-state index in [0.29, 0.717) is 0 Å². The fourth-order valence-corrected chi connectivity index (χ4v) is 6.03. The first-order valence-corrected chi connectivity index (χ1v) is 18.1. The van der Waals surface area contributed by atoms with Crippen LogP contribution < -0.4 is 0 Å². The minimum Gasteiger partial charge on any atom is -0.378 e. The van der Waals surface area contributed by atoms with E-state index in [1.165, 1.54) is 86.5 Å². The summed E-state index contributed by atoms with van der Waals surface area (Å²) in [6.45, 7) is 15.0. The van der Waals surface area contributed by atoms with Crippen molar-refractivity contribution in [1.82, 2.24) is 0 Å². The molecular weight excluding hydrogens is 464 g/mol. The fourth-order valence-electron chi connectivity index (χ4n) is 5.51. The summed E-state index contributed by atoms with van der Waals surface area (Å²) in [4.78, 5) is 0. The van der Waals surface area contributed by atoms with Crippen molar-refractivity contribution in [2.45, 2.75) is 123 Å². The van der Waals surface area contributed by atoms with E-state index < -0.39 is 13.7 Å². The van der Waals surface area contributed by atoms with E-state index in [2.05, 4.69) is 93.2 Å². The number of unbranched alkanes of at least 4 members (excludes halogenated alkanes) is 6. The van der Waals surface area contributed by atoms with Gasteiger partial charge in [-0.1, -0.05) is 115 Å². The lowest BCUT2D eigenvalue weighted by Crippen LogP contribution is -2.26. The zero-order valence-corrected chi connectivity index (χ0v) is 25.5. The second-order valence-electron chi connectivity index (χ2n) is 12.5. The number of hydrogen-bond donors (Lipinski definition) is 1. The van der Waals surface area contributed by atoms with Crippen molar-refractivity contribution in [3.63, 3.8) is 0 Å². The third-order valence-electron chi connectivity index (χ3n) is 7.37. The smallest absolute Gasteiger partial charge is 0.129 e. The summed E-state index contributed by atoms with van der Waals surface area (Å²) in [6.07, 6.45) is 12.5. The van der Waals surface area contributed by atoms with Gasteiger partial charge in [-0.3, -0.25) is 0 Å². The summed E-state index contributed by atoms with van der Waals surface area (Å²) in [5.41, 5.74) is 10.4. The maximum absolute atomic E-state index is 10.2. The summed E-state index contributed by atoms with van der Waals surface area (Å²) >= 11 is 0. The van der Waals surface area contributed by atoms with Gasteiger partial charge >= 0.3 is 0 Å². The zero-order chi connectivity index (χ0) is 27.1. The summed E-state index contributed by atoms with van der Waals surface area (Å²) < 4.78 is 0. The third-order valence-corrected chi connectivity index (χ3v) is 8.24. The Hall–Kier alpha value is -2.26. The second kappa shape index (κ2) is 12.5. The van der Waals surface area contributed by atoms with Crippen LogP contribution in [0.25, 0.3) is 11.1 Å². The van der Waals surface area contributed by atoms with Crippen LogP contribution in [0.3, 0.4) is 0 Å². The third kappa shape index (κ3) is 7.86. The lowest BCUT2D eigenvalue weighted by molar-refractivity contribution is 0.143. The molecule has 1 aliphatic rings. The van der Waals surface area contributed by atoms with Crippen molar-refractivity contribution in [2.75, 3.05) is 0 Å². The predicted octanol–water partition coefficient (Wildman–Crippen LogP) is 9.25. The van der Waals surface area contributed by atoms with Gasteiger partial charge in [0.05, 0.1) is 0 Å². The van der Waals surface area contributed by atoms with Crippen molar-refractivity contribution in [2.24, 2.45) is 0 Å². The van der Waals surface area contributed by atoms with Gasteiger partial charge in [-0.05, 0) is 73.2 Å². The minimum atomic E-state index is -1.45. The largest absolute Gasteiger partial charge is 0.378 e. The number of rotatable bonds is 10. The molecule has 0 bridgehead atoms. The quantitative estimate of drug-likeness (QED) is 0.191. The molecule has 0 amide bonds. The Morgan fingerprint density at radius 1 is 0.730 bits per heavy atom. The van der Waals surface area contributed by atoms with E-state index in [1.54, 1.807) is 13.8 Å². The van der Waals surface area contributed by atoms with Crippen LogP contribution in [0, 0.1) is 23.3 Å². The van der Waals surface area contributed by atoms with Crippen molar-refractivity contribution >= 4 is 8.07 Å². The second-order valence-corrected chi connectivity index (χ2v) is 17.3. The van der Waals surface area contributed by atoms with E-state index >= 15 is 0 Å². The summed E-state index contributed by atoms with van der Waals surface area (Å²) in [5.74, 6) is 9.83. The molecule has 37 heavy (non-hydrogen) atoms. The molecule has 0 atom stereocenters. The highest BCUT2D eigenvalue weighted by atomic mass is 28.3. The minimum absolute atomic E-state index is 0.00935. The summed E-state index contributed by atoms with van der Waals surface area (Å²) in [6, 6.07) is 13.7. The van der Waals surface area contributed by atoms with Crippen LogP contribution in [0.5, 0.6) is 0 Å². The molecule has 198 valence electrons. The molecule has 1 N–H and O–H groups in total. The van der Waals surface area contributed by atoms with Crippen LogP contribution >= 0.6 is 0 Å². The molecule has 2 aromatic carbocycles. The van der Waals surface area contributed by atoms with E-state index in [9.17, 15) is 5.11 Å². The van der Waals surface area contributed by atoms with Gasteiger partial charge in [0.15, 0.2) is 0 Å². The van der Waals surface area contributed by atoms with E-state index in [4.69, 9.17) is 0 Å². The molecule has 1 nitrogen and oxygen atoms in total. The highest BCUT2D eigenvalue weighted by Crippen LogP contribution is 2.54. The van der Waals surface area contributed by atoms with Crippen molar-refractivity contribution < 1.29 is 5.11 Å². The molecule has 3 rings (SSSR count). The van der Waals surface area contributed by atoms with Crippen LogP contribution in [-0.2, 0) is 5.41 Å². The average Bonchev–Trinajstić information content (AvgIpc) is 3.10. The molecule has 0 aliphatic heterocycles.